The molecule has 0 aliphatic heterocycles. The Morgan fingerprint density at radius 2 is 1.73 bits per heavy atom. The van der Waals surface area contributed by atoms with Crippen molar-refractivity contribution in [2.75, 3.05) is 10.6 Å². The van der Waals surface area contributed by atoms with Gasteiger partial charge >= 0.3 is 0 Å². The van der Waals surface area contributed by atoms with Gasteiger partial charge in [0.2, 0.25) is 5.95 Å². The van der Waals surface area contributed by atoms with Crippen LogP contribution in [0, 0.1) is 0 Å². The lowest BCUT2D eigenvalue weighted by atomic mass is 10.0. The largest absolute Gasteiger partial charge is 0.379 e. The minimum Gasteiger partial charge on any atom is -0.379 e. The van der Waals surface area contributed by atoms with Crippen LogP contribution in [0.5, 0.6) is 0 Å². The van der Waals surface area contributed by atoms with Crippen LogP contribution in [0.4, 0.5) is 11.6 Å². The zero-order valence-corrected chi connectivity index (χ0v) is 17.6. The number of hydrogen-bond acceptors (Lipinski definition) is 5. The molecule has 0 aliphatic rings. The number of nitrogens with one attached hydrogen (secondary N) is 3. The summed E-state index contributed by atoms with van der Waals surface area (Å²) in [7, 11) is 0. The molecular formula is C22H23ClN6O. The van der Waals surface area contributed by atoms with Crippen LogP contribution in [0.25, 0.3) is 5.78 Å². The van der Waals surface area contributed by atoms with Crippen molar-refractivity contribution in [3.05, 3.63) is 86.8 Å². The second-order valence-corrected chi connectivity index (χ2v) is 7.84. The fourth-order valence-electron chi connectivity index (χ4n) is 3.06. The van der Waals surface area contributed by atoms with Gasteiger partial charge in [-0.2, -0.15) is 9.50 Å². The van der Waals surface area contributed by atoms with E-state index in [4.69, 9.17) is 11.6 Å². The van der Waals surface area contributed by atoms with E-state index in [-0.39, 0.29) is 5.56 Å². The number of H-pyrrole nitrogens is 1. The number of aromatic nitrogens is 4. The van der Waals surface area contributed by atoms with Crippen molar-refractivity contribution >= 4 is 29.0 Å². The number of aromatic amines is 1. The van der Waals surface area contributed by atoms with Gasteiger partial charge in [0.1, 0.15) is 0 Å². The van der Waals surface area contributed by atoms with Crippen LogP contribution in [0.3, 0.4) is 0 Å². The molecule has 154 valence electrons. The summed E-state index contributed by atoms with van der Waals surface area (Å²) in [5.41, 5.74) is 3.73. The highest BCUT2D eigenvalue weighted by atomic mass is 35.5. The van der Waals surface area contributed by atoms with Gasteiger partial charge in [0.05, 0.1) is 12.2 Å². The van der Waals surface area contributed by atoms with Crippen LogP contribution in [-0.2, 0) is 13.1 Å². The maximum absolute atomic E-state index is 12.4. The Hall–Kier alpha value is -3.32. The molecule has 0 bridgehead atoms. The average Bonchev–Trinajstić information content (AvgIpc) is 3.16. The van der Waals surface area contributed by atoms with E-state index >= 15 is 0 Å². The van der Waals surface area contributed by atoms with Gasteiger partial charge in [-0.05, 0) is 41.3 Å². The summed E-state index contributed by atoms with van der Waals surface area (Å²) in [6.45, 7) is 5.35. The van der Waals surface area contributed by atoms with Gasteiger partial charge in [-0.3, -0.25) is 9.89 Å². The van der Waals surface area contributed by atoms with Crippen molar-refractivity contribution in [2.24, 2.45) is 0 Å². The third-order valence-corrected chi connectivity index (χ3v) is 5.06. The zero-order valence-electron chi connectivity index (χ0n) is 16.8. The Kier molecular flexibility index (Phi) is 5.72. The van der Waals surface area contributed by atoms with Gasteiger partial charge in [0.25, 0.3) is 11.3 Å². The van der Waals surface area contributed by atoms with Crippen molar-refractivity contribution in [3.63, 3.8) is 0 Å². The molecule has 0 amide bonds. The number of nitrogens with zero attached hydrogens (tertiary/aromatic N) is 3. The first-order chi connectivity index (χ1) is 14.5. The number of rotatable bonds is 7. The van der Waals surface area contributed by atoms with Crippen molar-refractivity contribution < 1.29 is 0 Å². The summed E-state index contributed by atoms with van der Waals surface area (Å²) in [5, 5.41) is 10.1. The molecule has 8 heteroatoms. The summed E-state index contributed by atoms with van der Waals surface area (Å²) < 4.78 is 1.33. The van der Waals surface area contributed by atoms with Gasteiger partial charge in [0, 0.05) is 23.3 Å². The van der Waals surface area contributed by atoms with Gasteiger partial charge in [0.15, 0.2) is 0 Å². The van der Waals surface area contributed by atoms with Crippen LogP contribution < -0.4 is 16.2 Å². The van der Waals surface area contributed by atoms with E-state index in [0.717, 1.165) is 11.3 Å². The molecular weight excluding hydrogens is 400 g/mol. The highest BCUT2D eigenvalue weighted by Crippen LogP contribution is 2.16. The molecule has 4 rings (SSSR count). The Morgan fingerprint density at radius 3 is 2.43 bits per heavy atom. The van der Waals surface area contributed by atoms with Crippen molar-refractivity contribution in [1.29, 1.82) is 0 Å². The van der Waals surface area contributed by atoms with Gasteiger partial charge < -0.3 is 10.6 Å². The topological polar surface area (TPSA) is 87.1 Å². The van der Waals surface area contributed by atoms with Crippen LogP contribution in [-0.4, -0.2) is 19.6 Å². The number of fused-ring (bicyclic) bond motifs is 1. The Balaban J connectivity index is 1.44. The monoisotopic (exact) mass is 422 g/mol. The lowest BCUT2D eigenvalue weighted by molar-refractivity contribution is 0.864. The molecule has 0 spiro atoms. The van der Waals surface area contributed by atoms with Crippen LogP contribution in [0.2, 0.25) is 5.02 Å². The summed E-state index contributed by atoms with van der Waals surface area (Å²) in [5.74, 6) is 1.33. The van der Waals surface area contributed by atoms with Crippen LogP contribution in [0.1, 0.15) is 36.6 Å². The zero-order chi connectivity index (χ0) is 21.1. The van der Waals surface area contributed by atoms with E-state index in [9.17, 15) is 4.79 Å². The third-order valence-electron chi connectivity index (χ3n) is 4.81. The lowest BCUT2D eigenvalue weighted by Crippen LogP contribution is -2.17. The quantitative estimate of drug-likeness (QED) is 0.410. The molecule has 0 fully saturated rings. The third kappa shape index (κ3) is 4.63. The molecule has 0 atom stereocenters. The maximum atomic E-state index is 12.4. The molecule has 2 heterocycles. The molecule has 0 radical (unpaired) electrons. The highest BCUT2D eigenvalue weighted by molar-refractivity contribution is 6.30. The van der Waals surface area contributed by atoms with E-state index in [1.807, 2.05) is 12.1 Å². The Morgan fingerprint density at radius 1 is 1.00 bits per heavy atom. The Labute approximate surface area is 179 Å². The molecule has 0 saturated heterocycles. The number of hydrogen-bond donors (Lipinski definition) is 3. The van der Waals surface area contributed by atoms with Gasteiger partial charge in [-0.25, -0.2) is 4.98 Å². The molecule has 7 nitrogen and oxygen atoms in total. The van der Waals surface area contributed by atoms with E-state index in [1.165, 1.54) is 16.1 Å². The first-order valence-corrected chi connectivity index (χ1v) is 10.2. The minimum absolute atomic E-state index is 0.213. The van der Waals surface area contributed by atoms with Crippen LogP contribution >= 0.6 is 11.6 Å². The maximum Gasteiger partial charge on any atom is 0.274 e. The van der Waals surface area contributed by atoms with Crippen molar-refractivity contribution in [1.82, 2.24) is 19.6 Å². The molecule has 0 unspecified atom stereocenters. The predicted molar refractivity (Wildman–Crippen MR) is 120 cm³/mol. The predicted octanol–water partition coefficient (Wildman–Crippen LogP) is 4.42. The summed E-state index contributed by atoms with van der Waals surface area (Å²) in [4.78, 5) is 21.3. The van der Waals surface area contributed by atoms with E-state index < -0.39 is 0 Å². The van der Waals surface area contributed by atoms with E-state index in [1.54, 1.807) is 12.1 Å². The molecule has 2 aromatic carbocycles. The molecule has 30 heavy (non-hydrogen) atoms. The fraction of sp³-hybridized carbons (Fsp3) is 0.227. The Bertz CT molecular complexity index is 1200. The molecule has 0 aliphatic carbocycles. The average molecular weight is 423 g/mol. The van der Waals surface area contributed by atoms with Crippen LogP contribution in [0.15, 0.2) is 59.4 Å². The molecule has 3 N–H and O–H groups in total. The number of benzene rings is 2. The van der Waals surface area contributed by atoms with E-state index in [0.29, 0.717) is 41.4 Å². The second-order valence-electron chi connectivity index (χ2n) is 7.40. The fourth-order valence-corrected chi connectivity index (χ4v) is 3.19. The first-order valence-electron chi connectivity index (χ1n) is 9.79. The second kappa shape index (κ2) is 8.59. The van der Waals surface area contributed by atoms with Gasteiger partial charge in [-0.15, -0.1) is 0 Å². The standard InChI is InChI=1S/C22H23ClN6O/c1-14(2)16-5-3-15(4-6-16)12-25-21-27-22-26-19(11-20(30)29(22)28-21)13-24-18-9-7-17(23)8-10-18/h3-11,14,24H,12-13H2,1-2H3,(H2,25,26,27,28). The molecule has 2 aromatic heterocycles. The normalized spacial score (nSPS) is 11.2. The van der Waals surface area contributed by atoms with Crippen molar-refractivity contribution in [3.8, 4) is 0 Å². The lowest BCUT2D eigenvalue weighted by Gasteiger charge is -2.07. The first kappa shape index (κ1) is 20.0. The molecule has 0 saturated carbocycles. The number of anilines is 2. The summed E-state index contributed by atoms with van der Waals surface area (Å²) in [6.07, 6.45) is 0. The minimum atomic E-state index is -0.213. The summed E-state index contributed by atoms with van der Waals surface area (Å²) >= 11 is 5.90. The molecule has 4 aromatic rings. The number of halogens is 1. The highest BCUT2D eigenvalue weighted by Gasteiger charge is 2.08. The smallest absolute Gasteiger partial charge is 0.274 e. The van der Waals surface area contributed by atoms with Crippen molar-refractivity contribution in [2.45, 2.75) is 32.9 Å². The van der Waals surface area contributed by atoms with Gasteiger partial charge in [-0.1, -0.05) is 49.7 Å². The SMILES string of the molecule is CC(C)c1ccc(CNc2nc3nc(CNc4ccc(Cl)cc4)cc(=O)n3[nH]2)cc1. The summed E-state index contributed by atoms with van der Waals surface area (Å²) in [6, 6.07) is 17.3. The van der Waals surface area contributed by atoms with E-state index in [2.05, 4.69) is 63.8 Å².